The van der Waals surface area contributed by atoms with Crippen molar-refractivity contribution in [2.75, 3.05) is 26.0 Å². The van der Waals surface area contributed by atoms with Crippen LogP contribution < -0.4 is 15.4 Å². The summed E-state index contributed by atoms with van der Waals surface area (Å²) in [5, 5.41) is 6.00. The van der Waals surface area contributed by atoms with Gasteiger partial charge in [-0.15, -0.1) is 12.4 Å². The third-order valence-electron chi connectivity index (χ3n) is 1.77. The van der Waals surface area contributed by atoms with Crippen LogP contribution >= 0.6 is 24.0 Å². The number of likely N-dealkylation sites (N-methyl/N-ethyl adjacent to an activating group) is 1. The first kappa shape index (κ1) is 15.0. The fraction of sp³-hybridized carbons (Fsp3) is 0.300. The van der Waals surface area contributed by atoms with Gasteiger partial charge in [0.1, 0.15) is 5.75 Å². The van der Waals surface area contributed by atoms with Crippen LogP contribution in [0.1, 0.15) is 0 Å². The highest BCUT2D eigenvalue weighted by molar-refractivity contribution is 6.31. The number of halogens is 2. The zero-order valence-corrected chi connectivity index (χ0v) is 10.6. The van der Waals surface area contributed by atoms with Gasteiger partial charge in [0.2, 0.25) is 5.91 Å². The largest absolute Gasteiger partial charge is 0.495 e. The maximum atomic E-state index is 11.3. The molecule has 16 heavy (non-hydrogen) atoms. The molecule has 0 heterocycles. The van der Waals surface area contributed by atoms with Crippen molar-refractivity contribution in [1.82, 2.24) is 5.32 Å². The zero-order valence-electron chi connectivity index (χ0n) is 9.04. The predicted molar refractivity (Wildman–Crippen MR) is 67.8 cm³/mol. The molecule has 6 heteroatoms. The average molecular weight is 265 g/mol. The van der Waals surface area contributed by atoms with Crippen LogP contribution in [0.3, 0.4) is 0 Å². The topological polar surface area (TPSA) is 50.4 Å². The number of anilines is 1. The third kappa shape index (κ3) is 4.26. The van der Waals surface area contributed by atoms with Crippen molar-refractivity contribution >= 4 is 35.6 Å². The van der Waals surface area contributed by atoms with Gasteiger partial charge in [-0.1, -0.05) is 11.6 Å². The first-order valence-electron chi connectivity index (χ1n) is 4.45. The van der Waals surface area contributed by atoms with E-state index in [9.17, 15) is 4.79 Å². The summed E-state index contributed by atoms with van der Waals surface area (Å²) < 4.78 is 5.09. The molecule has 90 valence electrons. The zero-order chi connectivity index (χ0) is 11.3. The van der Waals surface area contributed by atoms with E-state index in [4.69, 9.17) is 16.3 Å². The van der Waals surface area contributed by atoms with Crippen molar-refractivity contribution in [2.24, 2.45) is 0 Å². The quantitative estimate of drug-likeness (QED) is 0.874. The van der Waals surface area contributed by atoms with Gasteiger partial charge in [-0.05, 0) is 25.2 Å². The van der Waals surface area contributed by atoms with Crippen LogP contribution in [0.4, 0.5) is 5.69 Å². The first-order chi connectivity index (χ1) is 7.17. The molecule has 0 saturated carbocycles. The number of rotatable bonds is 4. The van der Waals surface area contributed by atoms with Gasteiger partial charge in [0.15, 0.2) is 0 Å². The molecule has 0 spiro atoms. The molecule has 1 aromatic rings. The third-order valence-corrected chi connectivity index (χ3v) is 2.01. The second kappa shape index (κ2) is 7.33. The van der Waals surface area contributed by atoms with Gasteiger partial charge in [0.05, 0.1) is 19.3 Å². The van der Waals surface area contributed by atoms with Gasteiger partial charge in [0, 0.05) is 5.02 Å². The van der Waals surface area contributed by atoms with Crippen LogP contribution in [-0.4, -0.2) is 26.6 Å². The van der Waals surface area contributed by atoms with E-state index < -0.39 is 0 Å². The Balaban J connectivity index is 0.00000225. The summed E-state index contributed by atoms with van der Waals surface area (Å²) in [4.78, 5) is 11.3. The van der Waals surface area contributed by atoms with Gasteiger partial charge in [-0.2, -0.15) is 0 Å². The number of hydrogen-bond acceptors (Lipinski definition) is 3. The second-order valence-electron chi connectivity index (χ2n) is 2.92. The molecule has 0 aliphatic carbocycles. The molecule has 0 radical (unpaired) electrons. The van der Waals surface area contributed by atoms with Crippen LogP contribution in [0.5, 0.6) is 5.75 Å². The van der Waals surface area contributed by atoms with Crippen molar-refractivity contribution in [3.8, 4) is 5.75 Å². The molecule has 1 rings (SSSR count). The Kier molecular flexibility index (Phi) is 6.88. The Labute approximate surface area is 106 Å². The second-order valence-corrected chi connectivity index (χ2v) is 3.36. The van der Waals surface area contributed by atoms with Crippen LogP contribution in [0, 0.1) is 0 Å². The number of nitrogens with one attached hydrogen (secondary N) is 2. The molecule has 0 bridgehead atoms. The lowest BCUT2D eigenvalue weighted by Crippen LogP contribution is -2.25. The van der Waals surface area contributed by atoms with Crippen LogP contribution in [0.15, 0.2) is 18.2 Å². The first-order valence-corrected chi connectivity index (χ1v) is 4.83. The molecular weight excluding hydrogens is 251 g/mol. The summed E-state index contributed by atoms with van der Waals surface area (Å²) in [7, 11) is 3.24. The molecule has 4 nitrogen and oxygen atoms in total. The van der Waals surface area contributed by atoms with Crippen LogP contribution in [0.2, 0.25) is 5.02 Å². The van der Waals surface area contributed by atoms with Gasteiger partial charge in [0.25, 0.3) is 0 Å². The Morgan fingerprint density at radius 1 is 1.50 bits per heavy atom. The molecule has 0 saturated heterocycles. The smallest absolute Gasteiger partial charge is 0.238 e. The number of hydrogen-bond donors (Lipinski definition) is 2. The lowest BCUT2D eigenvalue weighted by atomic mass is 10.3. The van der Waals surface area contributed by atoms with Gasteiger partial charge in [-0.25, -0.2) is 0 Å². The van der Waals surface area contributed by atoms with Crippen molar-refractivity contribution in [3.63, 3.8) is 0 Å². The molecule has 0 atom stereocenters. The number of benzene rings is 1. The van der Waals surface area contributed by atoms with Crippen molar-refractivity contribution in [3.05, 3.63) is 23.2 Å². The molecule has 0 aliphatic rings. The SMILES string of the molecule is CNCC(=O)Nc1cc(Cl)ccc1OC.Cl. The minimum atomic E-state index is -0.141. The standard InChI is InChI=1S/C10H13ClN2O2.ClH/c1-12-6-10(14)13-8-5-7(11)3-4-9(8)15-2;/h3-5,12H,6H2,1-2H3,(H,13,14);1H. The van der Waals surface area contributed by atoms with Gasteiger partial charge < -0.3 is 15.4 Å². The van der Waals surface area contributed by atoms with E-state index in [0.29, 0.717) is 16.5 Å². The number of amides is 1. The van der Waals surface area contributed by atoms with E-state index >= 15 is 0 Å². The summed E-state index contributed by atoms with van der Waals surface area (Å²) in [6.45, 7) is 0.246. The Morgan fingerprint density at radius 3 is 2.75 bits per heavy atom. The molecule has 1 amide bonds. The van der Waals surface area contributed by atoms with Crippen molar-refractivity contribution < 1.29 is 9.53 Å². The molecule has 0 unspecified atom stereocenters. The summed E-state index contributed by atoms with van der Waals surface area (Å²) >= 11 is 5.81. The fourth-order valence-electron chi connectivity index (χ4n) is 1.13. The predicted octanol–water partition coefficient (Wildman–Crippen LogP) is 1.93. The minimum Gasteiger partial charge on any atom is -0.495 e. The highest BCUT2D eigenvalue weighted by atomic mass is 35.5. The maximum Gasteiger partial charge on any atom is 0.238 e. The number of ether oxygens (including phenoxy) is 1. The molecule has 0 fully saturated rings. The average Bonchev–Trinajstić information content (AvgIpc) is 2.18. The molecule has 2 N–H and O–H groups in total. The van der Waals surface area contributed by atoms with E-state index in [1.165, 1.54) is 7.11 Å². The van der Waals surface area contributed by atoms with Gasteiger partial charge in [-0.3, -0.25) is 4.79 Å². The molecule has 1 aromatic carbocycles. The number of carbonyl (C=O) groups excluding carboxylic acids is 1. The fourth-order valence-corrected chi connectivity index (χ4v) is 1.30. The van der Waals surface area contributed by atoms with Crippen LogP contribution in [-0.2, 0) is 4.79 Å². The molecule has 0 aliphatic heterocycles. The van der Waals surface area contributed by atoms with Gasteiger partial charge >= 0.3 is 0 Å². The van der Waals surface area contributed by atoms with Crippen molar-refractivity contribution in [2.45, 2.75) is 0 Å². The Morgan fingerprint density at radius 2 is 2.19 bits per heavy atom. The van der Waals surface area contributed by atoms with E-state index in [-0.39, 0.29) is 24.9 Å². The Hall–Kier alpha value is -0.970. The monoisotopic (exact) mass is 264 g/mol. The van der Waals surface area contributed by atoms with E-state index in [1.54, 1.807) is 25.2 Å². The highest BCUT2D eigenvalue weighted by Gasteiger charge is 2.06. The summed E-state index contributed by atoms with van der Waals surface area (Å²) in [6, 6.07) is 5.05. The maximum absolute atomic E-state index is 11.3. The lowest BCUT2D eigenvalue weighted by molar-refractivity contribution is -0.115. The van der Waals surface area contributed by atoms with Crippen LogP contribution in [0.25, 0.3) is 0 Å². The highest BCUT2D eigenvalue weighted by Crippen LogP contribution is 2.27. The Bertz CT molecular complexity index is 359. The lowest BCUT2D eigenvalue weighted by Gasteiger charge is -2.10. The normalized spacial score (nSPS) is 9.19. The number of methoxy groups -OCH3 is 1. The van der Waals surface area contributed by atoms with Crippen molar-refractivity contribution in [1.29, 1.82) is 0 Å². The number of carbonyl (C=O) groups is 1. The van der Waals surface area contributed by atoms with E-state index in [2.05, 4.69) is 10.6 Å². The van der Waals surface area contributed by atoms with E-state index in [0.717, 1.165) is 0 Å². The summed E-state index contributed by atoms with van der Waals surface area (Å²) in [6.07, 6.45) is 0. The summed E-state index contributed by atoms with van der Waals surface area (Å²) in [5.74, 6) is 0.446. The molecular formula is C10H14Cl2N2O2. The molecule has 0 aromatic heterocycles. The minimum absolute atomic E-state index is 0. The van der Waals surface area contributed by atoms with E-state index in [1.807, 2.05) is 0 Å². The summed E-state index contributed by atoms with van der Waals surface area (Å²) in [5.41, 5.74) is 0.574.